The Labute approximate surface area is 303 Å². The van der Waals surface area contributed by atoms with Crippen molar-refractivity contribution in [1.29, 1.82) is 0 Å². The van der Waals surface area contributed by atoms with E-state index in [0.29, 0.717) is 12.8 Å². The van der Waals surface area contributed by atoms with Crippen molar-refractivity contribution in [2.24, 2.45) is 0 Å². The minimum absolute atomic E-state index is 0.271. The quantitative estimate of drug-likeness (QED) is 0.0342. The molecular weight excluding hydrogens is 631 g/mol. The maximum absolute atomic E-state index is 12.5. The number of carbonyl (C=O) groups excluding carboxylic acids is 1. The van der Waals surface area contributed by atoms with Gasteiger partial charge >= 0.3 is 0 Å². The summed E-state index contributed by atoms with van der Waals surface area (Å²) in [5, 5.41) is 13.2. The van der Waals surface area contributed by atoms with Crippen molar-refractivity contribution in [2.45, 2.75) is 206 Å². The Morgan fingerprint density at radius 1 is 0.551 bits per heavy atom. The number of hydrogen-bond acceptors (Lipinski definition) is 4. The van der Waals surface area contributed by atoms with Crippen LogP contribution in [0.25, 0.3) is 0 Å². The molecule has 0 aliphatic heterocycles. The highest BCUT2D eigenvalue weighted by Crippen LogP contribution is 2.14. The van der Waals surface area contributed by atoms with Crippen LogP contribution in [0, 0.1) is 0 Å². The van der Waals surface area contributed by atoms with Crippen LogP contribution < -0.4 is 5.32 Å². The Hall–Kier alpha value is -1.70. The molecule has 0 aliphatic rings. The third-order valence-corrected chi connectivity index (χ3v) is 9.76. The van der Waals surface area contributed by atoms with Crippen LogP contribution in [0.3, 0.4) is 0 Å². The second kappa shape index (κ2) is 36.1. The second-order valence-corrected chi connectivity index (χ2v) is 15.4. The lowest BCUT2D eigenvalue weighted by atomic mass is 10.0. The molecule has 286 valence electrons. The van der Waals surface area contributed by atoms with Gasteiger partial charge in [-0.1, -0.05) is 172 Å². The summed E-state index contributed by atoms with van der Waals surface area (Å²) in [6.45, 7) is 4.49. The molecule has 7 heteroatoms. The molecular formula is C42H77NO5S. The van der Waals surface area contributed by atoms with E-state index in [0.717, 1.165) is 51.4 Å². The molecule has 0 aromatic heterocycles. The Balaban J connectivity index is 4.00. The number of aliphatic hydroxyl groups excluding tert-OH is 1. The van der Waals surface area contributed by atoms with E-state index >= 15 is 0 Å². The molecule has 1 amide bonds. The van der Waals surface area contributed by atoms with Crippen LogP contribution in [0.5, 0.6) is 0 Å². The third-order valence-electron chi connectivity index (χ3n) is 8.98. The molecule has 0 radical (unpaired) electrons. The highest BCUT2D eigenvalue weighted by Gasteiger charge is 2.24. The first-order valence-corrected chi connectivity index (χ1v) is 21.9. The van der Waals surface area contributed by atoms with Crippen LogP contribution in [0.2, 0.25) is 0 Å². The maximum Gasteiger partial charge on any atom is 0.267 e. The minimum atomic E-state index is -4.36. The number of hydrogen-bond donors (Lipinski definition) is 3. The van der Waals surface area contributed by atoms with Gasteiger partial charge in [-0.3, -0.25) is 9.35 Å². The summed E-state index contributed by atoms with van der Waals surface area (Å²) in [5.41, 5.74) is 0. The largest absolute Gasteiger partial charge is 0.387 e. The number of rotatable bonds is 36. The molecule has 0 aromatic rings. The van der Waals surface area contributed by atoms with Gasteiger partial charge in [0.05, 0.1) is 17.9 Å². The van der Waals surface area contributed by atoms with E-state index in [1.807, 2.05) is 6.08 Å². The predicted molar refractivity (Wildman–Crippen MR) is 212 cm³/mol. The normalized spacial score (nSPS) is 13.8. The summed E-state index contributed by atoms with van der Waals surface area (Å²) in [7, 11) is -4.36. The van der Waals surface area contributed by atoms with Gasteiger partial charge in [-0.05, 0) is 64.2 Å². The van der Waals surface area contributed by atoms with E-state index in [9.17, 15) is 22.9 Å². The number of unbranched alkanes of at least 4 members (excludes halogenated alkanes) is 22. The fourth-order valence-corrected chi connectivity index (χ4v) is 6.64. The van der Waals surface area contributed by atoms with Crippen LogP contribution in [0.1, 0.15) is 194 Å². The van der Waals surface area contributed by atoms with Crippen LogP contribution in [0.15, 0.2) is 48.6 Å². The summed E-state index contributed by atoms with van der Waals surface area (Å²) >= 11 is 0. The number of aliphatic hydroxyl groups is 1. The van der Waals surface area contributed by atoms with E-state index in [2.05, 4.69) is 55.6 Å². The fraction of sp³-hybridized carbons (Fsp3) is 0.786. The molecule has 0 saturated heterocycles. The monoisotopic (exact) mass is 708 g/mol. The summed E-state index contributed by atoms with van der Waals surface area (Å²) in [6, 6.07) is -1.08. The third kappa shape index (κ3) is 37.4. The molecule has 0 bridgehead atoms. The zero-order valence-electron chi connectivity index (χ0n) is 31.8. The van der Waals surface area contributed by atoms with Crippen molar-refractivity contribution in [2.75, 3.05) is 5.75 Å². The predicted octanol–water partition coefficient (Wildman–Crippen LogP) is 11.9. The lowest BCUT2D eigenvalue weighted by Gasteiger charge is -2.21. The first-order chi connectivity index (χ1) is 23.8. The van der Waals surface area contributed by atoms with Crippen LogP contribution in [-0.4, -0.2) is 41.9 Å². The molecule has 2 atom stereocenters. The van der Waals surface area contributed by atoms with Gasteiger partial charge in [0.1, 0.15) is 0 Å². The minimum Gasteiger partial charge on any atom is -0.387 e. The van der Waals surface area contributed by atoms with E-state index in [-0.39, 0.29) is 12.3 Å². The first-order valence-electron chi connectivity index (χ1n) is 20.3. The molecule has 0 aromatic carbocycles. The number of allylic oxidation sites excluding steroid dienone is 7. The SMILES string of the molecule is CCCCC/C=C\C/C=C\CCCCCCCC(=O)NC(CS(=O)(=O)O)C(O)/C=C/CC/C=C/CCCCCCCCCCCCCCC. The zero-order valence-corrected chi connectivity index (χ0v) is 32.6. The van der Waals surface area contributed by atoms with Gasteiger partial charge in [-0.2, -0.15) is 8.42 Å². The summed E-state index contributed by atoms with van der Waals surface area (Å²) in [4.78, 5) is 12.5. The molecule has 49 heavy (non-hydrogen) atoms. The van der Waals surface area contributed by atoms with Crippen molar-refractivity contribution in [1.82, 2.24) is 5.32 Å². The number of nitrogens with one attached hydrogen (secondary N) is 1. The molecule has 2 unspecified atom stereocenters. The van der Waals surface area contributed by atoms with Gasteiger partial charge in [-0.25, -0.2) is 0 Å². The van der Waals surface area contributed by atoms with Gasteiger partial charge < -0.3 is 10.4 Å². The maximum atomic E-state index is 12.5. The summed E-state index contributed by atoms with van der Waals surface area (Å²) < 4.78 is 32.4. The lowest BCUT2D eigenvalue weighted by molar-refractivity contribution is -0.122. The smallest absolute Gasteiger partial charge is 0.267 e. The molecule has 0 rings (SSSR count). The Morgan fingerprint density at radius 2 is 0.939 bits per heavy atom. The van der Waals surface area contributed by atoms with Crippen molar-refractivity contribution >= 4 is 16.0 Å². The molecule has 0 aliphatic carbocycles. The van der Waals surface area contributed by atoms with Gasteiger partial charge in [0.2, 0.25) is 5.91 Å². The van der Waals surface area contributed by atoms with Crippen molar-refractivity contribution in [3.63, 3.8) is 0 Å². The number of amides is 1. The van der Waals surface area contributed by atoms with E-state index in [1.165, 1.54) is 115 Å². The molecule has 0 saturated carbocycles. The standard InChI is InChI=1S/C42H77NO5S/c1-3-5-7-9-11-13-15-17-19-20-21-22-24-25-27-29-31-33-35-37-41(44)40(39-49(46,47)48)43-42(45)38-36-34-32-30-28-26-23-18-16-14-12-10-8-6-4-2/h12,14,18,23,27,29,35,37,40-41,44H,3-11,13,15-17,19-22,24-26,28,30-34,36,38-39H2,1-2H3,(H,43,45)(H,46,47,48)/b14-12-,23-18-,29-27+,37-35+. The summed E-state index contributed by atoms with van der Waals surface area (Å²) in [5.74, 6) is -1.02. The summed E-state index contributed by atoms with van der Waals surface area (Å²) in [6.07, 6.45) is 48.1. The fourth-order valence-electron chi connectivity index (χ4n) is 5.91. The molecule has 0 heterocycles. The van der Waals surface area contributed by atoms with E-state index in [4.69, 9.17) is 0 Å². The topological polar surface area (TPSA) is 104 Å². The van der Waals surface area contributed by atoms with Crippen LogP contribution in [-0.2, 0) is 14.9 Å². The van der Waals surface area contributed by atoms with E-state index < -0.39 is 28.0 Å². The zero-order chi connectivity index (χ0) is 36.1. The highest BCUT2D eigenvalue weighted by atomic mass is 32.2. The molecule has 0 fully saturated rings. The van der Waals surface area contributed by atoms with Gasteiger partial charge in [0.25, 0.3) is 10.1 Å². The lowest BCUT2D eigenvalue weighted by Crippen LogP contribution is -2.46. The van der Waals surface area contributed by atoms with Gasteiger partial charge in [-0.15, -0.1) is 0 Å². The first kappa shape index (κ1) is 47.3. The second-order valence-electron chi connectivity index (χ2n) is 13.9. The number of carbonyl (C=O) groups is 1. The average Bonchev–Trinajstić information content (AvgIpc) is 3.06. The van der Waals surface area contributed by atoms with E-state index in [1.54, 1.807) is 0 Å². The average molecular weight is 708 g/mol. The van der Waals surface area contributed by atoms with Gasteiger partial charge in [0.15, 0.2) is 0 Å². The van der Waals surface area contributed by atoms with Crippen LogP contribution >= 0.6 is 0 Å². The Kier molecular flexibility index (Phi) is 34.9. The van der Waals surface area contributed by atoms with Crippen LogP contribution in [0.4, 0.5) is 0 Å². The molecule has 0 spiro atoms. The Bertz CT molecular complexity index is 956. The highest BCUT2D eigenvalue weighted by molar-refractivity contribution is 7.85. The molecule has 3 N–H and O–H groups in total. The van der Waals surface area contributed by atoms with Crippen molar-refractivity contribution in [3.8, 4) is 0 Å². The Morgan fingerprint density at radius 3 is 1.45 bits per heavy atom. The van der Waals surface area contributed by atoms with Crippen molar-refractivity contribution in [3.05, 3.63) is 48.6 Å². The van der Waals surface area contributed by atoms with Crippen molar-refractivity contribution < 1.29 is 22.9 Å². The van der Waals surface area contributed by atoms with Gasteiger partial charge in [0, 0.05) is 6.42 Å². The molecule has 6 nitrogen and oxygen atoms in total.